The lowest BCUT2D eigenvalue weighted by Crippen LogP contribution is -2.07. The van der Waals surface area contributed by atoms with E-state index in [4.69, 9.17) is 9.47 Å². The highest BCUT2D eigenvalue weighted by molar-refractivity contribution is 5.20. The van der Waals surface area contributed by atoms with Gasteiger partial charge in [0.25, 0.3) is 0 Å². The monoisotopic (exact) mass is 211 g/mol. The smallest absolute Gasteiger partial charge is 0.0700 e. The van der Waals surface area contributed by atoms with Gasteiger partial charge in [0.2, 0.25) is 0 Å². The van der Waals surface area contributed by atoms with Crippen molar-refractivity contribution in [1.29, 1.82) is 0 Å². The van der Waals surface area contributed by atoms with E-state index in [1.54, 1.807) is 0 Å². The van der Waals surface area contributed by atoms with Crippen LogP contribution in [-0.2, 0) is 22.3 Å². The van der Waals surface area contributed by atoms with E-state index in [2.05, 4.69) is 18.0 Å². The molecule has 0 radical (unpaired) electrons. The van der Waals surface area contributed by atoms with Gasteiger partial charge in [-0.05, 0) is 25.0 Å². The maximum atomic E-state index is 5.46. The van der Waals surface area contributed by atoms with Crippen molar-refractivity contribution in [3.63, 3.8) is 0 Å². The number of hydrogen-bond acceptors (Lipinski definition) is 2. The highest BCUT2D eigenvalue weighted by atomic mass is 16.5. The molecule has 0 unspecified atom stereocenters. The van der Waals surface area contributed by atoms with Gasteiger partial charge in [-0.2, -0.15) is 0 Å². The molecule has 1 N–H and O–H groups in total. The molecule has 0 aliphatic rings. The van der Waals surface area contributed by atoms with Crippen LogP contribution in [0.25, 0.3) is 0 Å². The average molecular weight is 211 g/mol. The van der Waals surface area contributed by atoms with Crippen molar-refractivity contribution in [1.82, 2.24) is 4.98 Å². The van der Waals surface area contributed by atoms with Gasteiger partial charge in [0.1, 0.15) is 0 Å². The minimum atomic E-state index is 0.690. The summed E-state index contributed by atoms with van der Waals surface area (Å²) in [5.41, 5.74) is 2.69. The van der Waals surface area contributed by atoms with Crippen LogP contribution in [0.4, 0.5) is 0 Å². The molecule has 1 rings (SSSR count). The summed E-state index contributed by atoms with van der Waals surface area (Å²) in [4.78, 5) is 3.25. The molecule has 0 spiro atoms. The lowest BCUT2D eigenvalue weighted by molar-refractivity contribution is 0.0539. The van der Waals surface area contributed by atoms with Gasteiger partial charge < -0.3 is 14.5 Å². The number of rotatable bonds is 8. The van der Waals surface area contributed by atoms with E-state index in [1.165, 1.54) is 11.3 Å². The summed E-state index contributed by atoms with van der Waals surface area (Å²) in [6, 6.07) is 2.13. The van der Waals surface area contributed by atoms with Crippen LogP contribution < -0.4 is 0 Å². The number of H-pyrrole nitrogens is 1. The lowest BCUT2D eigenvalue weighted by Gasteiger charge is -2.04. The predicted octanol–water partition coefficient (Wildman–Crippen LogP) is 2.17. The van der Waals surface area contributed by atoms with Crippen LogP contribution in [0.5, 0.6) is 0 Å². The van der Waals surface area contributed by atoms with Crippen LogP contribution in [0.2, 0.25) is 0 Å². The fourth-order valence-corrected chi connectivity index (χ4v) is 1.54. The Morgan fingerprint density at radius 2 is 1.93 bits per heavy atom. The molecular formula is C12H21NO2. The summed E-state index contributed by atoms with van der Waals surface area (Å²) in [6.07, 6.45) is 4.04. The SMILES string of the molecule is CCOCCOCCc1[nH]ccc1CC. The molecule has 1 aromatic heterocycles. The summed E-state index contributed by atoms with van der Waals surface area (Å²) < 4.78 is 10.6. The third-order valence-corrected chi connectivity index (χ3v) is 2.38. The molecule has 3 heteroatoms. The molecular weight excluding hydrogens is 190 g/mol. The molecule has 1 aromatic rings. The van der Waals surface area contributed by atoms with Crippen LogP contribution in [-0.4, -0.2) is 31.4 Å². The first-order valence-corrected chi connectivity index (χ1v) is 5.69. The summed E-state index contributed by atoms with van der Waals surface area (Å²) in [7, 11) is 0. The Kier molecular flexibility index (Phi) is 6.12. The zero-order valence-corrected chi connectivity index (χ0v) is 9.71. The first-order valence-electron chi connectivity index (χ1n) is 5.69. The first-order chi connectivity index (χ1) is 7.38. The minimum Gasteiger partial charge on any atom is -0.379 e. The van der Waals surface area contributed by atoms with E-state index < -0.39 is 0 Å². The molecule has 0 saturated heterocycles. The van der Waals surface area contributed by atoms with E-state index >= 15 is 0 Å². The largest absolute Gasteiger partial charge is 0.379 e. The average Bonchev–Trinajstić information content (AvgIpc) is 2.70. The van der Waals surface area contributed by atoms with Crippen LogP contribution in [0.1, 0.15) is 25.1 Å². The summed E-state index contributed by atoms with van der Waals surface area (Å²) >= 11 is 0. The maximum Gasteiger partial charge on any atom is 0.0700 e. The zero-order chi connectivity index (χ0) is 10.9. The van der Waals surface area contributed by atoms with E-state index in [1.807, 2.05) is 13.1 Å². The van der Waals surface area contributed by atoms with Crippen molar-refractivity contribution >= 4 is 0 Å². The van der Waals surface area contributed by atoms with Crippen molar-refractivity contribution in [3.8, 4) is 0 Å². The summed E-state index contributed by atoms with van der Waals surface area (Å²) in [6.45, 7) is 7.08. The number of ether oxygens (including phenoxy) is 2. The van der Waals surface area contributed by atoms with Gasteiger partial charge in [-0.1, -0.05) is 6.92 Å². The van der Waals surface area contributed by atoms with E-state index in [9.17, 15) is 0 Å². The second kappa shape index (κ2) is 7.49. The molecule has 0 fully saturated rings. The second-order valence-electron chi connectivity index (χ2n) is 3.39. The molecule has 0 aromatic carbocycles. The molecule has 0 atom stereocenters. The quantitative estimate of drug-likeness (QED) is 0.669. The molecule has 0 amide bonds. The Balaban J connectivity index is 2.09. The Morgan fingerprint density at radius 1 is 1.13 bits per heavy atom. The third kappa shape index (κ3) is 4.49. The van der Waals surface area contributed by atoms with Crippen molar-refractivity contribution in [2.75, 3.05) is 26.4 Å². The Morgan fingerprint density at radius 3 is 2.67 bits per heavy atom. The van der Waals surface area contributed by atoms with Crippen LogP contribution in [0.3, 0.4) is 0 Å². The predicted molar refractivity (Wildman–Crippen MR) is 61.2 cm³/mol. The number of hydrogen-bond donors (Lipinski definition) is 1. The van der Waals surface area contributed by atoms with Crippen LogP contribution in [0.15, 0.2) is 12.3 Å². The number of aromatic amines is 1. The maximum absolute atomic E-state index is 5.46. The highest BCUT2D eigenvalue weighted by Crippen LogP contribution is 2.07. The first kappa shape index (κ1) is 12.3. The third-order valence-electron chi connectivity index (χ3n) is 2.38. The van der Waals surface area contributed by atoms with Gasteiger partial charge in [-0.25, -0.2) is 0 Å². The minimum absolute atomic E-state index is 0.690. The molecule has 3 nitrogen and oxygen atoms in total. The van der Waals surface area contributed by atoms with E-state index in [0.717, 1.165) is 26.1 Å². The lowest BCUT2D eigenvalue weighted by atomic mass is 10.1. The molecule has 86 valence electrons. The number of aromatic nitrogens is 1. The van der Waals surface area contributed by atoms with Crippen LogP contribution >= 0.6 is 0 Å². The van der Waals surface area contributed by atoms with Crippen LogP contribution in [0, 0.1) is 0 Å². The second-order valence-corrected chi connectivity index (χ2v) is 3.39. The highest BCUT2D eigenvalue weighted by Gasteiger charge is 2.00. The molecule has 15 heavy (non-hydrogen) atoms. The molecule has 0 saturated carbocycles. The number of nitrogens with one attached hydrogen (secondary N) is 1. The summed E-state index contributed by atoms with van der Waals surface area (Å²) in [5.74, 6) is 0. The Labute approximate surface area is 91.8 Å². The molecule has 0 aliphatic carbocycles. The fourth-order valence-electron chi connectivity index (χ4n) is 1.54. The van der Waals surface area contributed by atoms with Crippen molar-refractivity contribution in [2.45, 2.75) is 26.7 Å². The fraction of sp³-hybridized carbons (Fsp3) is 0.667. The number of aryl methyl sites for hydroxylation is 1. The van der Waals surface area contributed by atoms with Crippen molar-refractivity contribution in [3.05, 3.63) is 23.5 Å². The summed E-state index contributed by atoms with van der Waals surface area (Å²) in [5, 5.41) is 0. The van der Waals surface area contributed by atoms with Crippen molar-refractivity contribution < 1.29 is 9.47 Å². The molecule has 0 bridgehead atoms. The van der Waals surface area contributed by atoms with Gasteiger partial charge >= 0.3 is 0 Å². The molecule has 0 aliphatic heterocycles. The topological polar surface area (TPSA) is 34.2 Å². The van der Waals surface area contributed by atoms with E-state index in [0.29, 0.717) is 13.2 Å². The standard InChI is InChI=1S/C12H21NO2/c1-3-11-5-7-13-12(11)6-8-15-10-9-14-4-2/h5,7,13H,3-4,6,8-10H2,1-2H3. The van der Waals surface area contributed by atoms with Gasteiger partial charge in [-0.15, -0.1) is 0 Å². The van der Waals surface area contributed by atoms with E-state index in [-0.39, 0.29) is 0 Å². The van der Waals surface area contributed by atoms with Crippen molar-refractivity contribution in [2.24, 2.45) is 0 Å². The Bertz CT molecular complexity index is 258. The zero-order valence-electron chi connectivity index (χ0n) is 9.71. The normalized spacial score (nSPS) is 10.8. The van der Waals surface area contributed by atoms with Gasteiger partial charge in [0.15, 0.2) is 0 Å². The Hall–Kier alpha value is -0.800. The molecule has 1 heterocycles. The van der Waals surface area contributed by atoms with Gasteiger partial charge in [0.05, 0.1) is 19.8 Å². The van der Waals surface area contributed by atoms with Gasteiger partial charge in [-0.3, -0.25) is 0 Å². The van der Waals surface area contributed by atoms with Gasteiger partial charge in [0, 0.05) is 24.9 Å².